The predicted molar refractivity (Wildman–Crippen MR) is 65.6 cm³/mol. The summed E-state index contributed by atoms with van der Waals surface area (Å²) in [6.45, 7) is 7.54. The van der Waals surface area contributed by atoms with Crippen LogP contribution in [-0.4, -0.2) is 11.7 Å². The van der Waals surface area contributed by atoms with Crippen LogP contribution in [0.3, 0.4) is 0 Å². The first kappa shape index (κ1) is 13.5. The fourth-order valence-electron chi connectivity index (χ4n) is 1.52. The van der Waals surface area contributed by atoms with Crippen LogP contribution in [0.5, 0.6) is 0 Å². The molecule has 0 saturated heterocycles. The van der Waals surface area contributed by atoms with Crippen LogP contribution >= 0.6 is 11.6 Å². The van der Waals surface area contributed by atoms with E-state index < -0.39 is 11.2 Å². The number of aliphatic hydroxyl groups is 1. The van der Waals surface area contributed by atoms with E-state index in [4.69, 9.17) is 11.6 Å². The van der Waals surface area contributed by atoms with Crippen molar-refractivity contribution in [3.05, 3.63) is 34.1 Å². The van der Waals surface area contributed by atoms with Crippen LogP contribution in [0, 0.1) is 5.82 Å². The lowest BCUT2D eigenvalue weighted by molar-refractivity contribution is 0.215. The monoisotopic (exact) mass is 244 g/mol. The second kappa shape index (κ2) is 4.72. The van der Waals surface area contributed by atoms with Crippen LogP contribution in [0.25, 0.3) is 0 Å². The molecule has 0 spiro atoms. The van der Waals surface area contributed by atoms with Crippen molar-refractivity contribution < 1.29 is 9.50 Å². The third-order valence-electron chi connectivity index (χ3n) is 2.84. The molecule has 0 aromatic heterocycles. The van der Waals surface area contributed by atoms with Crippen LogP contribution in [-0.2, 0) is 5.41 Å². The molecule has 0 radical (unpaired) electrons. The summed E-state index contributed by atoms with van der Waals surface area (Å²) in [5.41, 5.74) is 0.854. The molecule has 3 heteroatoms. The normalized spacial score (nSPS) is 12.2. The standard InChI is InChI=1S/C13H18ClFO/c1-8(2)9-5-10(13(3,4)7-16)12(15)11(14)6-9/h5-6,8,16H,7H2,1-4H3. The van der Waals surface area contributed by atoms with E-state index in [0.29, 0.717) is 5.56 Å². The van der Waals surface area contributed by atoms with Gasteiger partial charge in [-0.25, -0.2) is 4.39 Å². The Morgan fingerprint density at radius 1 is 1.38 bits per heavy atom. The molecule has 0 amide bonds. The number of aliphatic hydroxyl groups excluding tert-OH is 1. The Morgan fingerprint density at radius 3 is 2.38 bits per heavy atom. The fourth-order valence-corrected chi connectivity index (χ4v) is 1.75. The quantitative estimate of drug-likeness (QED) is 0.856. The molecule has 90 valence electrons. The van der Waals surface area contributed by atoms with Crippen molar-refractivity contribution in [2.45, 2.75) is 39.0 Å². The molecule has 16 heavy (non-hydrogen) atoms. The molecule has 1 rings (SSSR count). The molecule has 1 nitrogen and oxygen atoms in total. The van der Waals surface area contributed by atoms with Crippen molar-refractivity contribution in [2.75, 3.05) is 6.61 Å². The van der Waals surface area contributed by atoms with Crippen molar-refractivity contribution in [1.29, 1.82) is 0 Å². The zero-order valence-corrected chi connectivity index (χ0v) is 10.9. The predicted octanol–water partition coefficient (Wildman–Crippen LogP) is 3.87. The van der Waals surface area contributed by atoms with Crippen LogP contribution in [0.4, 0.5) is 4.39 Å². The minimum absolute atomic E-state index is 0.109. The zero-order valence-electron chi connectivity index (χ0n) is 10.1. The van der Waals surface area contributed by atoms with Crippen LogP contribution in [0.2, 0.25) is 5.02 Å². The van der Waals surface area contributed by atoms with Crippen LogP contribution in [0.1, 0.15) is 44.7 Å². The van der Waals surface area contributed by atoms with Gasteiger partial charge >= 0.3 is 0 Å². The lowest BCUT2D eigenvalue weighted by Gasteiger charge is -2.24. The SMILES string of the molecule is CC(C)c1cc(Cl)c(F)c(C(C)(C)CO)c1. The van der Waals surface area contributed by atoms with Gasteiger partial charge in [-0.3, -0.25) is 0 Å². The third-order valence-corrected chi connectivity index (χ3v) is 3.12. The molecule has 0 aliphatic heterocycles. The molecule has 0 saturated carbocycles. The van der Waals surface area contributed by atoms with E-state index in [2.05, 4.69) is 0 Å². The van der Waals surface area contributed by atoms with Gasteiger partial charge in [-0.05, 0) is 23.1 Å². The first-order valence-corrected chi connectivity index (χ1v) is 5.77. The van der Waals surface area contributed by atoms with Gasteiger partial charge in [-0.15, -0.1) is 0 Å². The van der Waals surface area contributed by atoms with Gasteiger partial charge in [0.1, 0.15) is 5.82 Å². The highest BCUT2D eigenvalue weighted by Crippen LogP contribution is 2.32. The van der Waals surface area contributed by atoms with Crippen LogP contribution < -0.4 is 0 Å². The summed E-state index contributed by atoms with van der Waals surface area (Å²) < 4.78 is 13.9. The molecular formula is C13H18ClFO. The van der Waals surface area contributed by atoms with Gasteiger partial charge in [-0.2, -0.15) is 0 Å². The number of benzene rings is 1. The maximum absolute atomic E-state index is 13.9. The van der Waals surface area contributed by atoms with Crippen molar-refractivity contribution in [3.63, 3.8) is 0 Å². The molecule has 0 heterocycles. The Kier molecular flexibility index (Phi) is 3.97. The molecule has 1 N–H and O–H groups in total. The maximum Gasteiger partial charge on any atom is 0.145 e. The maximum atomic E-state index is 13.9. The Labute approximate surface area is 101 Å². The van der Waals surface area contributed by atoms with E-state index in [0.717, 1.165) is 5.56 Å². The lowest BCUT2D eigenvalue weighted by Crippen LogP contribution is -2.24. The molecular weight excluding hydrogens is 227 g/mol. The molecule has 0 atom stereocenters. The summed E-state index contributed by atoms with van der Waals surface area (Å²) in [5, 5.41) is 9.41. The Bertz CT molecular complexity index is 386. The average molecular weight is 245 g/mol. The highest BCUT2D eigenvalue weighted by Gasteiger charge is 2.25. The fraction of sp³-hybridized carbons (Fsp3) is 0.538. The summed E-state index contributed by atoms with van der Waals surface area (Å²) in [4.78, 5) is 0. The highest BCUT2D eigenvalue weighted by molar-refractivity contribution is 6.30. The van der Waals surface area contributed by atoms with Gasteiger partial charge in [0.25, 0.3) is 0 Å². The van der Waals surface area contributed by atoms with Gasteiger partial charge < -0.3 is 5.11 Å². The van der Waals surface area contributed by atoms with Crippen LogP contribution in [0.15, 0.2) is 12.1 Å². The van der Waals surface area contributed by atoms with Crippen molar-refractivity contribution in [2.24, 2.45) is 0 Å². The van der Waals surface area contributed by atoms with E-state index in [-0.39, 0.29) is 17.5 Å². The minimum atomic E-state index is -0.612. The van der Waals surface area contributed by atoms with E-state index >= 15 is 0 Å². The number of hydrogen-bond acceptors (Lipinski definition) is 1. The summed E-state index contributed by atoms with van der Waals surface area (Å²) in [5.74, 6) is -0.142. The van der Waals surface area contributed by atoms with Gasteiger partial charge in [-0.1, -0.05) is 45.4 Å². The smallest absolute Gasteiger partial charge is 0.145 e. The van der Waals surface area contributed by atoms with E-state index in [1.807, 2.05) is 13.8 Å². The number of hydrogen-bond donors (Lipinski definition) is 1. The van der Waals surface area contributed by atoms with E-state index in [9.17, 15) is 9.50 Å². The largest absolute Gasteiger partial charge is 0.395 e. The Hall–Kier alpha value is -0.600. The molecule has 1 aromatic carbocycles. The molecule has 1 aromatic rings. The van der Waals surface area contributed by atoms with E-state index in [1.165, 1.54) is 0 Å². The minimum Gasteiger partial charge on any atom is -0.395 e. The Balaban J connectivity index is 3.38. The Morgan fingerprint density at radius 2 is 1.94 bits per heavy atom. The van der Waals surface area contributed by atoms with Crippen molar-refractivity contribution in [3.8, 4) is 0 Å². The van der Waals surface area contributed by atoms with Crippen molar-refractivity contribution in [1.82, 2.24) is 0 Å². The first-order valence-electron chi connectivity index (χ1n) is 5.40. The topological polar surface area (TPSA) is 20.2 Å². The summed E-state index contributed by atoms with van der Waals surface area (Å²) >= 11 is 5.87. The highest BCUT2D eigenvalue weighted by atomic mass is 35.5. The second-order valence-electron chi connectivity index (χ2n) is 5.06. The summed E-state index contributed by atoms with van der Waals surface area (Å²) in [6.07, 6.45) is 0. The number of halogens is 2. The summed E-state index contributed by atoms with van der Waals surface area (Å²) in [7, 11) is 0. The zero-order chi connectivity index (χ0) is 12.5. The first-order chi connectivity index (χ1) is 7.29. The van der Waals surface area contributed by atoms with Gasteiger partial charge in [0.05, 0.1) is 11.6 Å². The lowest BCUT2D eigenvalue weighted by atomic mass is 9.83. The third kappa shape index (κ3) is 2.55. The number of rotatable bonds is 3. The van der Waals surface area contributed by atoms with Gasteiger partial charge in [0, 0.05) is 5.41 Å². The van der Waals surface area contributed by atoms with Gasteiger partial charge in [0.15, 0.2) is 0 Å². The average Bonchev–Trinajstić information content (AvgIpc) is 2.21. The van der Waals surface area contributed by atoms with Gasteiger partial charge in [0.2, 0.25) is 0 Å². The van der Waals surface area contributed by atoms with Crippen molar-refractivity contribution >= 4 is 11.6 Å². The molecule has 0 unspecified atom stereocenters. The summed E-state index contributed by atoms with van der Waals surface area (Å²) in [6, 6.07) is 3.45. The molecule has 0 aliphatic rings. The molecule has 0 bridgehead atoms. The molecule has 0 fully saturated rings. The van der Waals surface area contributed by atoms with E-state index in [1.54, 1.807) is 26.0 Å². The second-order valence-corrected chi connectivity index (χ2v) is 5.47. The molecule has 0 aliphatic carbocycles.